The number of alkyl halides is 3. The monoisotopic (exact) mass is 389 g/mol. The second-order valence-corrected chi connectivity index (χ2v) is 6.12. The summed E-state index contributed by atoms with van der Waals surface area (Å²) in [5.41, 5.74) is -1.61. The lowest BCUT2D eigenvalue weighted by Crippen LogP contribution is -2.50. The van der Waals surface area contributed by atoms with Gasteiger partial charge in [-0.1, -0.05) is 0 Å². The Bertz CT molecular complexity index is 755. The van der Waals surface area contributed by atoms with Crippen molar-refractivity contribution in [2.24, 2.45) is 5.92 Å². The third-order valence-corrected chi connectivity index (χ3v) is 3.84. The molecule has 0 radical (unpaired) electrons. The topological polar surface area (TPSA) is 63.9 Å². The largest absolute Gasteiger partial charge is 0.435 e. The van der Waals surface area contributed by atoms with Gasteiger partial charge in [0.25, 0.3) is 5.56 Å². The predicted molar refractivity (Wildman–Crippen MR) is 78.9 cm³/mol. The first-order valence-electron chi connectivity index (χ1n) is 6.71. The lowest BCUT2D eigenvalue weighted by atomic mass is 10.0. The van der Waals surface area contributed by atoms with E-state index in [0.29, 0.717) is 25.1 Å². The van der Waals surface area contributed by atoms with Crippen LogP contribution in [0, 0.1) is 5.92 Å². The van der Waals surface area contributed by atoms with E-state index in [1.807, 2.05) is 4.90 Å². The van der Waals surface area contributed by atoms with Crippen molar-refractivity contribution in [3.05, 3.63) is 45.0 Å². The van der Waals surface area contributed by atoms with Gasteiger partial charge >= 0.3 is 6.18 Å². The van der Waals surface area contributed by atoms with Crippen molar-refractivity contribution in [1.82, 2.24) is 19.7 Å². The second-order valence-electron chi connectivity index (χ2n) is 5.21. The highest BCUT2D eigenvalue weighted by Gasteiger charge is 2.34. The van der Waals surface area contributed by atoms with Gasteiger partial charge < -0.3 is 4.90 Å². The third kappa shape index (κ3) is 3.52. The lowest BCUT2D eigenvalue weighted by molar-refractivity contribution is -0.142. The van der Waals surface area contributed by atoms with Gasteiger partial charge in [-0.3, -0.25) is 4.79 Å². The SMILES string of the molecule is O=c1ccc(C(F)(F)F)nn1CC1CN(c2ncc(Br)cn2)C1. The highest BCUT2D eigenvalue weighted by atomic mass is 79.9. The predicted octanol–water partition coefficient (Wildman–Crippen LogP) is 1.95. The molecule has 3 heterocycles. The number of aromatic nitrogens is 4. The number of hydrogen-bond donors (Lipinski definition) is 0. The van der Waals surface area contributed by atoms with Crippen molar-refractivity contribution in [3.63, 3.8) is 0 Å². The molecule has 0 bridgehead atoms. The maximum atomic E-state index is 12.6. The van der Waals surface area contributed by atoms with Crippen LogP contribution >= 0.6 is 15.9 Å². The summed E-state index contributed by atoms with van der Waals surface area (Å²) in [4.78, 5) is 21.8. The first-order valence-corrected chi connectivity index (χ1v) is 7.50. The minimum atomic E-state index is -4.56. The summed E-state index contributed by atoms with van der Waals surface area (Å²) < 4.78 is 39.6. The van der Waals surface area contributed by atoms with Crippen molar-refractivity contribution >= 4 is 21.9 Å². The van der Waals surface area contributed by atoms with Gasteiger partial charge in [-0.25, -0.2) is 14.6 Å². The fourth-order valence-corrected chi connectivity index (χ4v) is 2.50. The molecule has 0 unspecified atom stereocenters. The lowest BCUT2D eigenvalue weighted by Gasteiger charge is -2.39. The van der Waals surface area contributed by atoms with E-state index in [4.69, 9.17) is 0 Å². The highest BCUT2D eigenvalue weighted by Crippen LogP contribution is 2.27. The van der Waals surface area contributed by atoms with Gasteiger partial charge in [-0.05, 0) is 22.0 Å². The van der Waals surface area contributed by atoms with Crippen LogP contribution in [-0.2, 0) is 12.7 Å². The zero-order valence-corrected chi connectivity index (χ0v) is 13.3. The molecule has 122 valence electrons. The maximum absolute atomic E-state index is 12.6. The smallest absolute Gasteiger partial charge is 0.340 e. The van der Waals surface area contributed by atoms with E-state index < -0.39 is 17.4 Å². The summed E-state index contributed by atoms with van der Waals surface area (Å²) in [5, 5.41) is 3.40. The fourth-order valence-electron chi connectivity index (χ4n) is 2.29. The maximum Gasteiger partial charge on any atom is 0.435 e. The molecule has 23 heavy (non-hydrogen) atoms. The minimum absolute atomic E-state index is 0.0240. The Kier molecular flexibility index (Phi) is 4.09. The fraction of sp³-hybridized carbons (Fsp3) is 0.385. The van der Waals surface area contributed by atoms with Crippen LogP contribution in [0.5, 0.6) is 0 Å². The van der Waals surface area contributed by atoms with E-state index in [1.165, 1.54) is 0 Å². The second kappa shape index (κ2) is 5.91. The quantitative estimate of drug-likeness (QED) is 0.802. The molecule has 2 aromatic rings. The number of rotatable bonds is 3. The Morgan fingerprint density at radius 3 is 2.48 bits per heavy atom. The molecule has 3 rings (SSSR count). The van der Waals surface area contributed by atoms with Crippen LogP contribution in [0.25, 0.3) is 0 Å². The van der Waals surface area contributed by atoms with Gasteiger partial charge in [-0.15, -0.1) is 0 Å². The number of anilines is 1. The summed E-state index contributed by atoms with van der Waals surface area (Å²) in [7, 11) is 0. The van der Waals surface area contributed by atoms with E-state index in [0.717, 1.165) is 15.2 Å². The summed E-state index contributed by atoms with van der Waals surface area (Å²) >= 11 is 3.24. The summed E-state index contributed by atoms with van der Waals surface area (Å²) in [6.45, 7) is 1.26. The molecule has 10 heteroatoms. The Hall–Kier alpha value is -1.97. The number of nitrogens with zero attached hydrogens (tertiary/aromatic N) is 5. The normalized spacial score (nSPS) is 15.6. The molecule has 0 amide bonds. The van der Waals surface area contributed by atoms with Crippen molar-refractivity contribution < 1.29 is 13.2 Å². The van der Waals surface area contributed by atoms with E-state index in [1.54, 1.807) is 12.4 Å². The van der Waals surface area contributed by atoms with Crippen LogP contribution < -0.4 is 10.5 Å². The van der Waals surface area contributed by atoms with Crippen LogP contribution in [-0.4, -0.2) is 32.8 Å². The van der Waals surface area contributed by atoms with E-state index >= 15 is 0 Å². The Morgan fingerprint density at radius 1 is 1.22 bits per heavy atom. The molecule has 0 aliphatic carbocycles. The van der Waals surface area contributed by atoms with Gasteiger partial charge in [0.05, 0.1) is 11.0 Å². The van der Waals surface area contributed by atoms with Crippen molar-refractivity contribution in [1.29, 1.82) is 0 Å². The molecule has 0 N–H and O–H groups in total. The molecule has 1 saturated heterocycles. The van der Waals surface area contributed by atoms with E-state index in [-0.39, 0.29) is 12.5 Å². The third-order valence-electron chi connectivity index (χ3n) is 3.43. The number of hydrogen-bond acceptors (Lipinski definition) is 5. The zero-order valence-electron chi connectivity index (χ0n) is 11.7. The summed E-state index contributed by atoms with van der Waals surface area (Å²) in [5.74, 6) is 0.574. The molecule has 1 aliphatic heterocycles. The summed E-state index contributed by atoms with van der Waals surface area (Å²) in [6, 6.07) is 1.59. The average Bonchev–Trinajstić information content (AvgIpc) is 2.44. The molecule has 2 aromatic heterocycles. The van der Waals surface area contributed by atoms with Crippen molar-refractivity contribution in [2.75, 3.05) is 18.0 Å². The molecular weight excluding hydrogens is 379 g/mol. The van der Waals surface area contributed by atoms with E-state index in [2.05, 4.69) is 31.0 Å². The van der Waals surface area contributed by atoms with Gasteiger partial charge in [0.2, 0.25) is 5.95 Å². The molecule has 6 nitrogen and oxygen atoms in total. The molecule has 0 spiro atoms. The van der Waals surface area contributed by atoms with Crippen LogP contribution in [0.3, 0.4) is 0 Å². The molecule has 1 aliphatic rings. The van der Waals surface area contributed by atoms with Crippen LogP contribution in [0.1, 0.15) is 5.69 Å². The van der Waals surface area contributed by atoms with Gasteiger partial charge in [0.15, 0.2) is 5.69 Å². The van der Waals surface area contributed by atoms with Crippen LogP contribution in [0.4, 0.5) is 19.1 Å². The molecule has 0 aromatic carbocycles. The highest BCUT2D eigenvalue weighted by molar-refractivity contribution is 9.10. The van der Waals surface area contributed by atoms with Gasteiger partial charge in [0.1, 0.15) is 0 Å². The zero-order chi connectivity index (χ0) is 16.6. The minimum Gasteiger partial charge on any atom is -0.340 e. The Morgan fingerprint density at radius 2 is 1.87 bits per heavy atom. The van der Waals surface area contributed by atoms with Crippen LogP contribution in [0.15, 0.2) is 33.8 Å². The Balaban J connectivity index is 1.66. The standard InChI is InChI=1S/C13H11BrF3N5O/c14-9-3-18-12(19-4-9)21-5-8(6-21)7-22-11(23)2-1-10(20-22)13(15,16)17/h1-4,8H,5-7H2. The first kappa shape index (κ1) is 15.9. The molecular formula is C13H11BrF3N5O. The van der Waals surface area contributed by atoms with Gasteiger partial charge in [0, 0.05) is 37.5 Å². The summed E-state index contributed by atoms with van der Waals surface area (Å²) in [6.07, 6.45) is -1.32. The number of halogens is 4. The Labute approximate surface area is 137 Å². The van der Waals surface area contributed by atoms with E-state index in [9.17, 15) is 18.0 Å². The van der Waals surface area contributed by atoms with Crippen LogP contribution in [0.2, 0.25) is 0 Å². The molecule has 0 saturated carbocycles. The molecule has 1 fully saturated rings. The van der Waals surface area contributed by atoms with Gasteiger partial charge in [-0.2, -0.15) is 18.3 Å². The van der Waals surface area contributed by atoms with Crippen molar-refractivity contribution in [2.45, 2.75) is 12.7 Å². The molecule has 0 atom stereocenters. The van der Waals surface area contributed by atoms with Crippen molar-refractivity contribution in [3.8, 4) is 0 Å². The average molecular weight is 390 g/mol. The first-order chi connectivity index (χ1) is 10.8.